The summed E-state index contributed by atoms with van der Waals surface area (Å²) in [6, 6.07) is 0. The van der Waals surface area contributed by atoms with Crippen LogP contribution in [0.3, 0.4) is 0 Å². The van der Waals surface area contributed by atoms with Crippen LogP contribution in [0.25, 0.3) is 0 Å². The molecule has 0 amide bonds. The molecule has 1 rings (SSSR count). The average molecular weight is 175 g/mol. The first-order valence-corrected chi connectivity index (χ1v) is 4.02. The van der Waals surface area contributed by atoms with Crippen molar-refractivity contribution < 1.29 is 9.53 Å². The highest BCUT2D eigenvalue weighted by atomic mass is 35.5. The second-order valence-corrected chi connectivity index (χ2v) is 2.99. The second kappa shape index (κ2) is 3.88. The van der Waals surface area contributed by atoms with Gasteiger partial charge in [0.2, 0.25) is 5.24 Å². The predicted molar refractivity (Wildman–Crippen MR) is 43.5 cm³/mol. The average Bonchev–Trinajstić information content (AvgIpc) is 2.04. The van der Waals surface area contributed by atoms with Crippen molar-refractivity contribution in [1.82, 2.24) is 0 Å². The van der Waals surface area contributed by atoms with Crippen molar-refractivity contribution in [2.24, 2.45) is 5.92 Å². The van der Waals surface area contributed by atoms with E-state index in [0.29, 0.717) is 0 Å². The van der Waals surface area contributed by atoms with Gasteiger partial charge in [0, 0.05) is 7.11 Å². The first kappa shape index (κ1) is 8.75. The van der Waals surface area contributed by atoms with Gasteiger partial charge >= 0.3 is 0 Å². The first-order valence-electron chi connectivity index (χ1n) is 3.64. The van der Waals surface area contributed by atoms with Crippen LogP contribution < -0.4 is 0 Å². The van der Waals surface area contributed by atoms with Crippen LogP contribution >= 0.6 is 11.6 Å². The summed E-state index contributed by atoms with van der Waals surface area (Å²) in [6.45, 7) is 0. The van der Waals surface area contributed by atoms with E-state index in [-0.39, 0.29) is 17.3 Å². The van der Waals surface area contributed by atoms with Gasteiger partial charge in [-0.2, -0.15) is 0 Å². The van der Waals surface area contributed by atoms with E-state index in [0.717, 1.165) is 12.8 Å². The molecule has 2 nitrogen and oxygen atoms in total. The van der Waals surface area contributed by atoms with Crippen LogP contribution in [0.2, 0.25) is 0 Å². The van der Waals surface area contributed by atoms with Crippen LogP contribution in [0.15, 0.2) is 12.2 Å². The highest BCUT2D eigenvalue weighted by molar-refractivity contribution is 6.64. The highest BCUT2D eigenvalue weighted by Gasteiger charge is 2.26. The summed E-state index contributed by atoms with van der Waals surface area (Å²) >= 11 is 5.38. The third kappa shape index (κ3) is 2.04. The van der Waals surface area contributed by atoms with E-state index >= 15 is 0 Å². The Hall–Kier alpha value is -0.340. The molecule has 0 aromatic carbocycles. The maximum absolute atomic E-state index is 10.8. The van der Waals surface area contributed by atoms with Gasteiger partial charge in [0.25, 0.3) is 0 Å². The zero-order valence-corrected chi connectivity index (χ0v) is 7.17. The molecule has 0 bridgehead atoms. The van der Waals surface area contributed by atoms with Crippen molar-refractivity contribution in [1.29, 1.82) is 0 Å². The van der Waals surface area contributed by atoms with Crippen LogP contribution in [-0.4, -0.2) is 18.5 Å². The summed E-state index contributed by atoms with van der Waals surface area (Å²) in [5, 5.41) is -0.291. The molecule has 1 aliphatic carbocycles. The van der Waals surface area contributed by atoms with Crippen molar-refractivity contribution in [3.05, 3.63) is 12.2 Å². The lowest BCUT2D eigenvalue weighted by Gasteiger charge is -2.22. The normalized spacial score (nSPS) is 30.4. The minimum absolute atomic E-state index is 0.117. The number of carbonyl (C=O) groups is 1. The van der Waals surface area contributed by atoms with Gasteiger partial charge in [-0.3, -0.25) is 4.79 Å². The van der Waals surface area contributed by atoms with Gasteiger partial charge in [-0.15, -0.1) is 0 Å². The number of methoxy groups -OCH3 is 1. The number of carbonyl (C=O) groups excluding carboxylic acids is 1. The van der Waals surface area contributed by atoms with Gasteiger partial charge in [0.05, 0.1) is 12.0 Å². The fraction of sp³-hybridized carbons (Fsp3) is 0.625. The van der Waals surface area contributed by atoms with Crippen LogP contribution in [0.5, 0.6) is 0 Å². The maximum Gasteiger partial charge on any atom is 0.227 e. The summed E-state index contributed by atoms with van der Waals surface area (Å²) in [6.07, 6.45) is 5.52. The third-order valence-electron chi connectivity index (χ3n) is 1.93. The Morgan fingerprint density at radius 2 is 2.45 bits per heavy atom. The Labute approximate surface area is 71.2 Å². The summed E-state index contributed by atoms with van der Waals surface area (Å²) in [4.78, 5) is 10.8. The zero-order chi connectivity index (χ0) is 8.27. The van der Waals surface area contributed by atoms with Gasteiger partial charge < -0.3 is 4.74 Å². The number of rotatable bonds is 2. The van der Waals surface area contributed by atoms with E-state index < -0.39 is 0 Å². The Bertz CT molecular complexity index is 177. The molecule has 0 spiro atoms. The Balaban J connectivity index is 2.63. The van der Waals surface area contributed by atoms with Crippen molar-refractivity contribution in [3.8, 4) is 0 Å². The van der Waals surface area contributed by atoms with Gasteiger partial charge in [-0.05, 0) is 24.4 Å². The third-order valence-corrected chi connectivity index (χ3v) is 2.21. The molecule has 62 valence electrons. The number of allylic oxidation sites excluding steroid dienone is 1. The standard InChI is InChI=1S/C8H11ClO2/c1-11-7-5-3-2-4-6(7)8(9)10/h3,5-7H,2,4H2,1H3. The summed E-state index contributed by atoms with van der Waals surface area (Å²) < 4.78 is 5.07. The molecule has 0 heterocycles. The molecule has 2 atom stereocenters. The van der Waals surface area contributed by atoms with Crippen molar-refractivity contribution in [2.75, 3.05) is 7.11 Å². The Morgan fingerprint density at radius 1 is 1.73 bits per heavy atom. The van der Waals surface area contributed by atoms with Crippen molar-refractivity contribution in [3.63, 3.8) is 0 Å². The van der Waals surface area contributed by atoms with E-state index in [9.17, 15) is 4.79 Å². The topological polar surface area (TPSA) is 26.3 Å². The molecule has 0 aliphatic heterocycles. The van der Waals surface area contributed by atoms with E-state index in [4.69, 9.17) is 16.3 Å². The van der Waals surface area contributed by atoms with Crippen LogP contribution in [-0.2, 0) is 9.53 Å². The quantitative estimate of drug-likeness (QED) is 0.471. The largest absolute Gasteiger partial charge is 0.377 e. The number of halogens is 1. The molecule has 0 saturated heterocycles. The fourth-order valence-electron chi connectivity index (χ4n) is 1.29. The lowest BCUT2D eigenvalue weighted by atomic mass is 9.93. The molecule has 2 unspecified atom stereocenters. The molecule has 0 aromatic rings. The van der Waals surface area contributed by atoms with Crippen LogP contribution in [0.4, 0.5) is 0 Å². The van der Waals surface area contributed by atoms with E-state index in [1.807, 2.05) is 12.2 Å². The lowest BCUT2D eigenvalue weighted by molar-refractivity contribution is -0.118. The molecule has 0 aromatic heterocycles. The molecular weight excluding hydrogens is 164 g/mol. The predicted octanol–water partition coefficient (Wildman–Crippen LogP) is 1.73. The van der Waals surface area contributed by atoms with E-state index in [1.165, 1.54) is 0 Å². The Morgan fingerprint density at radius 3 is 2.91 bits per heavy atom. The molecule has 0 N–H and O–H groups in total. The van der Waals surface area contributed by atoms with Gasteiger partial charge in [-0.25, -0.2) is 0 Å². The SMILES string of the molecule is COC1C=CCCC1C(=O)Cl. The van der Waals surface area contributed by atoms with E-state index in [1.54, 1.807) is 7.11 Å². The molecule has 0 saturated carbocycles. The van der Waals surface area contributed by atoms with Crippen LogP contribution in [0, 0.1) is 5.92 Å². The van der Waals surface area contributed by atoms with Crippen molar-refractivity contribution in [2.45, 2.75) is 18.9 Å². The monoisotopic (exact) mass is 174 g/mol. The smallest absolute Gasteiger partial charge is 0.227 e. The molecule has 0 radical (unpaired) electrons. The molecule has 11 heavy (non-hydrogen) atoms. The number of ether oxygens (including phenoxy) is 1. The lowest BCUT2D eigenvalue weighted by Crippen LogP contribution is -2.27. The summed E-state index contributed by atoms with van der Waals surface area (Å²) in [5.74, 6) is -0.147. The maximum atomic E-state index is 10.8. The van der Waals surface area contributed by atoms with Gasteiger partial charge in [-0.1, -0.05) is 12.2 Å². The summed E-state index contributed by atoms with van der Waals surface area (Å²) in [5.41, 5.74) is 0. The Kier molecular flexibility index (Phi) is 3.09. The minimum Gasteiger partial charge on any atom is -0.377 e. The molecular formula is C8H11ClO2. The van der Waals surface area contributed by atoms with Gasteiger partial charge in [0.15, 0.2) is 0 Å². The second-order valence-electron chi connectivity index (χ2n) is 2.62. The summed E-state index contributed by atoms with van der Waals surface area (Å²) in [7, 11) is 1.59. The molecule has 0 fully saturated rings. The fourth-order valence-corrected chi connectivity index (χ4v) is 1.52. The number of hydrogen-bond acceptors (Lipinski definition) is 2. The molecule has 1 aliphatic rings. The van der Waals surface area contributed by atoms with Gasteiger partial charge in [0.1, 0.15) is 0 Å². The minimum atomic E-state index is -0.291. The first-order chi connectivity index (χ1) is 5.25. The highest BCUT2D eigenvalue weighted by Crippen LogP contribution is 2.23. The molecule has 3 heteroatoms. The van der Waals surface area contributed by atoms with E-state index in [2.05, 4.69) is 0 Å². The van der Waals surface area contributed by atoms with Crippen LogP contribution in [0.1, 0.15) is 12.8 Å². The number of hydrogen-bond donors (Lipinski definition) is 0. The van der Waals surface area contributed by atoms with Crippen molar-refractivity contribution >= 4 is 16.8 Å². The zero-order valence-electron chi connectivity index (χ0n) is 6.42.